The summed E-state index contributed by atoms with van der Waals surface area (Å²) < 4.78 is 0. The molecule has 3 aromatic carbocycles. The van der Waals surface area contributed by atoms with Crippen molar-refractivity contribution < 1.29 is 14.7 Å². The minimum absolute atomic E-state index is 0.0705. The molecule has 0 aliphatic heterocycles. The van der Waals surface area contributed by atoms with Crippen molar-refractivity contribution in [3.8, 4) is 5.75 Å². The Labute approximate surface area is 156 Å². The zero-order valence-electron chi connectivity index (χ0n) is 14.3. The van der Waals surface area contributed by atoms with Crippen LogP contribution in [0.15, 0.2) is 84.0 Å². The number of benzene rings is 3. The van der Waals surface area contributed by atoms with Crippen LogP contribution in [0, 0.1) is 0 Å². The number of amides is 2. The van der Waals surface area contributed by atoms with Gasteiger partial charge in [0.1, 0.15) is 5.75 Å². The molecule has 0 spiro atoms. The summed E-state index contributed by atoms with van der Waals surface area (Å²) in [6.07, 6.45) is 1.36. The van der Waals surface area contributed by atoms with Gasteiger partial charge in [-0.3, -0.25) is 9.59 Å². The Morgan fingerprint density at radius 3 is 2.30 bits per heavy atom. The molecule has 3 aromatic rings. The number of hydrazone groups is 1. The van der Waals surface area contributed by atoms with E-state index < -0.39 is 5.91 Å². The van der Waals surface area contributed by atoms with Gasteiger partial charge in [-0.05, 0) is 42.5 Å². The first kappa shape index (κ1) is 17.9. The molecule has 2 amide bonds. The molecule has 3 rings (SSSR count). The molecule has 3 N–H and O–H groups in total. The van der Waals surface area contributed by atoms with E-state index in [0.29, 0.717) is 22.4 Å². The smallest absolute Gasteiger partial charge is 0.271 e. The van der Waals surface area contributed by atoms with Crippen LogP contribution < -0.4 is 10.7 Å². The van der Waals surface area contributed by atoms with Crippen molar-refractivity contribution in [1.29, 1.82) is 0 Å². The van der Waals surface area contributed by atoms with Gasteiger partial charge in [-0.15, -0.1) is 0 Å². The number of nitrogens with one attached hydrogen (secondary N) is 2. The molecular formula is C21H17N3O3. The van der Waals surface area contributed by atoms with Gasteiger partial charge in [0.15, 0.2) is 0 Å². The van der Waals surface area contributed by atoms with Crippen LogP contribution in [0.2, 0.25) is 0 Å². The predicted octanol–water partition coefficient (Wildman–Crippen LogP) is 3.41. The Morgan fingerprint density at radius 2 is 1.52 bits per heavy atom. The van der Waals surface area contributed by atoms with Crippen LogP contribution in [0.25, 0.3) is 0 Å². The van der Waals surface area contributed by atoms with Crippen LogP contribution in [0.5, 0.6) is 5.75 Å². The maximum Gasteiger partial charge on any atom is 0.271 e. The van der Waals surface area contributed by atoms with E-state index in [2.05, 4.69) is 15.8 Å². The molecule has 0 heterocycles. The number of phenolic OH excluding ortho intramolecular Hbond substituents is 1. The van der Waals surface area contributed by atoms with Gasteiger partial charge < -0.3 is 10.4 Å². The van der Waals surface area contributed by atoms with E-state index in [9.17, 15) is 14.7 Å². The van der Waals surface area contributed by atoms with Crippen molar-refractivity contribution >= 4 is 23.7 Å². The van der Waals surface area contributed by atoms with Gasteiger partial charge in [0.05, 0.1) is 6.21 Å². The Hall–Kier alpha value is -3.93. The highest BCUT2D eigenvalue weighted by atomic mass is 16.3. The third-order valence-corrected chi connectivity index (χ3v) is 3.73. The molecule has 0 aliphatic carbocycles. The first-order valence-electron chi connectivity index (χ1n) is 8.21. The molecule has 27 heavy (non-hydrogen) atoms. The van der Waals surface area contributed by atoms with Gasteiger partial charge in [0, 0.05) is 22.4 Å². The van der Waals surface area contributed by atoms with Crippen molar-refractivity contribution in [3.63, 3.8) is 0 Å². The van der Waals surface area contributed by atoms with Gasteiger partial charge >= 0.3 is 0 Å². The molecule has 0 saturated carbocycles. The van der Waals surface area contributed by atoms with Crippen LogP contribution >= 0.6 is 0 Å². The summed E-state index contributed by atoms with van der Waals surface area (Å²) in [4.78, 5) is 24.4. The number of aromatic hydroxyl groups is 1. The van der Waals surface area contributed by atoms with Crippen LogP contribution in [0.1, 0.15) is 26.3 Å². The average molecular weight is 359 g/mol. The molecule has 0 saturated heterocycles. The third-order valence-electron chi connectivity index (χ3n) is 3.73. The van der Waals surface area contributed by atoms with Gasteiger partial charge in [-0.1, -0.05) is 36.4 Å². The van der Waals surface area contributed by atoms with E-state index in [1.807, 2.05) is 6.07 Å². The first-order chi connectivity index (χ1) is 13.1. The fraction of sp³-hybridized carbons (Fsp3) is 0. The van der Waals surface area contributed by atoms with Crippen LogP contribution in [0.4, 0.5) is 5.69 Å². The number of hydrogen-bond donors (Lipinski definition) is 3. The second-order valence-electron chi connectivity index (χ2n) is 5.66. The van der Waals surface area contributed by atoms with E-state index in [-0.39, 0.29) is 11.7 Å². The van der Waals surface area contributed by atoms with Gasteiger partial charge in [0.25, 0.3) is 11.8 Å². The lowest BCUT2D eigenvalue weighted by atomic mass is 10.1. The lowest BCUT2D eigenvalue weighted by Gasteiger charge is -2.07. The molecule has 134 valence electrons. The number of anilines is 1. The minimum Gasteiger partial charge on any atom is -0.507 e. The molecule has 6 nitrogen and oxygen atoms in total. The highest BCUT2D eigenvalue weighted by Gasteiger charge is 2.08. The third kappa shape index (κ3) is 4.79. The highest BCUT2D eigenvalue weighted by molar-refractivity contribution is 6.05. The summed E-state index contributed by atoms with van der Waals surface area (Å²) >= 11 is 0. The van der Waals surface area contributed by atoms with E-state index in [0.717, 1.165) is 0 Å². The summed E-state index contributed by atoms with van der Waals surface area (Å²) in [5.74, 6) is -0.621. The largest absolute Gasteiger partial charge is 0.507 e. The number of para-hydroxylation sites is 1. The second-order valence-corrected chi connectivity index (χ2v) is 5.66. The molecule has 0 bridgehead atoms. The normalized spacial score (nSPS) is 10.5. The molecule has 0 aliphatic rings. The van der Waals surface area contributed by atoms with Crippen molar-refractivity contribution in [1.82, 2.24) is 5.43 Å². The fourth-order valence-electron chi connectivity index (χ4n) is 2.35. The van der Waals surface area contributed by atoms with Crippen molar-refractivity contribution in [3.05, 3.63) is 95.6 Å². The molecule has 0 atom stereocenters. The van der Waals surface area contributed by atoms with E-state index in [1.54, 1.807) is 66.7 Å². The summed E-state index contributed by atoms with van der Waals surface area (Å²) in [5, 5.41) is 16.3. The number of carbonyl (C=O) groups excluding carboxylic acids is 2. The van der Waals surface area contributed by atoms with Crippen molar-refractivity contribution in [2.24, 2.45) is 5.10 Å². The zero-order chi connectivity index (χ0) is 19.1. The lowest BCUT2D eigenvalue weighted by molar-refractivity contribution is 0.0953. The standard InChI is InChI=1S/C21H17N3O3/c25-19-12-5-4-9-17(19)14-22-24-21(27)16-10-6-11-18(13-16)23-20(26)15-7-2-1-3-8-15/h1-14,25H,(H,23,26)(H,24,27). The monoisotopic (exact) mass is 359 g/mol. The minimum atomic E-state index is -0.433. The summed E-state index contributed by atoms with van der Waals surface area (Å²) in [5.41, 5.74) is 4.25. The topological polar surface area (TPSA) is 90.8 Å². The van der Waals surface area contributed by atoms with E-state index >= 15 is 0 Å². The predicted molar refractivity (Wildman–Crippen MR) is 104 cm³/mol. The van der Waals surface area contributed by atoms with E-state index in [1.165, 1.54) is 12.3 Å². The number of nitrogens with zero attached hydrogens (tertiary/aromatic N) is 1. The quantitative estimate of drug-likeness (QED) is 0.482. The second kappa shape index (κ2) is 8.44. The van der Waals surface area contributed by atoms with E-state index in [4.69, 9.17) is 0 Å². The molecule has 0 aromatic heterocycles. The van der Waals surface area contributed by atoms with Crippen molar-refractivity contribution in [2.75, 3.05) is 5.32 Å². The highest BCUT2D eigenvalue weighted by Crippen LogP contribution is 2.14. The number of phenols is 1. The number of rotatable bonds is 5. The Balaban J connectivity index is 1.65. The molecule has 0 fully saturated rings. The Kier molecular flexibility index (Phi) is 5.59. The number of carbonyl (C=O) groups is 2. The summed E-state index contributed by atoms with van der Waals surface area (Å²) in [7, 11) is 0. The summed E-state index contributed by atoms with van der Waals surface area (Å²) in [6, 6.07) is 22.0. The van der Waals surface area contributed by atoms with Crippen LogP contribution in [-0.2, 0) is 0 Å². The van der Waals surface area contributed by atoms with Crippen molar-refractivity contribution in [2.45, 2.75) is 0 Å². The van der Waals surface area contributed by atoms with Gasteiger partial charge in [0.2, 0.25) is 0 Å². The Bertz CT molecular complexity index is 985. The molecular weight excluding hydrogens is 342 g/mol. The first-order valence-corrected chi connectivity index (χ1v) is 8.21. The summed E-state index contributed by atoms with van der Waals surface area (Å²) in [6.45, 7) is 0. The Morgan fingerprint density at radius 1 is 0.815 bits per heavy atom. The lowest BCUT2D eigenvalue weighted by Crippen LogP contribution is -2.18. The van der Waals surface area contributed by atoms with Crippen LogP contribution in [-0.4, -0.2) is 23.1 Å². The average Bonchev–Trinajstić information content (AvgIpc) is 2.70. The number of hydrogen-bond acceptors (Lipinski definition) is 4. The zero-order valence-corrected chi connectivity index (χ0v) is 14.3. The maximum atomic E-state index is 12.2. The fourth-order valence-corrected chi connectivity index (χ4v) is 2.35. The molecule has 0 unspecified atom stereocenters. The van der Waals surface area contributed by atoms with Crippen LogP contribution in [0.3, 0.4) is 0 Å². The van der Waals surface area contributed by atoms with Gasteiger partial charge in [-0.25, -0.2) is 5.43 Å². The molecule has 6 heteroatoms. The molecule has 0 radical (unpaired) electrons. The van der Waals surface area contributed by atoms with Gasteiger partial charge in [-0.2, -0.15) is 5.10 Å². The maximum absolute atomic E-state index is 12.2. The SMILES string of the molecule is O=C(NN=Cc1ccccc1O)c1cccc(NC(=O)c2ccccc2)c1.